The summed E-state index contributed by atoms with van der Waals surface area (Å²) >= 11 is 0. The van der Waals surface area contributed by atoms with Gasteiger partial charge in [-0.05, 0) is 18.2 Å². The van der Waals surface area contributed by atoms with E-state index < -0.39 is 11.7 Å². The van der Waals surface area contributed by atoms with E-state index in [4.69, 9.17) is 0 Å². The summed E-state index contributed by atoms with van der Waals surface area (Å²) in [7, 11) is 0. The summed E-state index contributed by atoms with van der Waals surface area (Å²) in [6.07, 6.45) is 2.96. The first-order valence-electron chi connectivity index (χ1n) is 6.55. The summed E-state index contributed by atoms with van der Waals surface area (Å²) in [5, 5.41) is 2.67. The number of hydrogen-bond acceptors (Lipinski definition) is 3. The van der Waals surface area contributed by atoms with Gasteiger partial charge in [-0.25, -0.2) is 9.37 Å². The van der Waals surface area contributed by atoms with Gasteiger partial charge in [-0.2, -0.15) is 0 Å². The van der Waals surface area contributed by atoms with E-state index in [2.05, 4.69) is 20.3 Å². The molecule has 0 spiro atoms. The van der Waals surface area contributed by atoms with Gasteiger partial charge < -0.3 is 10.3 Å². The highest BCUT2D eigenvalue weighted by Gasteiger charge is 2.10. The molecule has 106 valence electrons. The predicted octanol–water partition coefficient (Wildman–Crippen LogP) is 2.07. The zero-order valence-electron chi connectivity index (χ0n) is 11.1. The molecule has 0 bridgehead atoms. The van der Waals surface area contributed by atoms with Crippen LogP contribution in [0.1, 0.15) is 16.2 Å². The number of carbonyl (C=O) groups excluding carboxylic acids is 1. The van der Waals surface area contributed by atoms with Crippen molar-refractivity contribution in [3.8, 4) is 0 Å². The van der Waals surface area contributed by atoms with E-state index in [-0.39, 0.29) is 5.56 Å². The second kappa shape index (κ2) is 5.70. The highest BCUT2D eigenvalue weighted by Crippen LogP contribution is 2.10. The topological polar surface area (TPSA) is 70.7 Å². The molecule has 3 rings (SSSR count). The summed E-state index contributed by atoms with van der Waals surface area (Å²) in [5.74, 6) is -0.295. The molecule has 0 atom stereocenters. The second-order valence-electron chi connectivity index (χ2n) is 4.56. The van der Waals surface area contributed by atoms with Crippen LogP contribution in [0.5, 0.6) is 0 Å². The molecule has 0 aliphatic heterocycles. The normalized spacial score (nSPS) is 10.7. The molecule has 1 amide bonds. The van der Waals surface area contributed by atoms with Gasteiger partial charge in [0.1, 0.15) is 5.82 Å². The molecule has 0 aliphatic carbocycles. The lowest BCUT2D eigenvalue weighted by molar-refractivity contribution is 0.0950. The fourth-order valence-electron chi connectivity index (χ4n) is 2.07. The van der Waals surface area contributed by atoms with Gasteiger partial charge in [-0.1, -0.05) is 12.1 Å². The Balaban J connectivity index is 1.61. The highest BCUT2D eigenvalue weighted by molar-refractivity contribution is 5.94. The average Bonchev–Trinajstić information content (AvgIpc) is 2.90. The number of halogens is 1. The molecular weight excluding hydrogens is 271 g/mol. The quantitative estimate of drug-likeness (QED) is 0.770. The number of nitrogens with zero attached hydrogens (tertiary/aromatic N) is 2. The van der Waals surface area contributed by atoms with E-state index in [0.717, 1.165) is 23.1 Å². The number of pyridine rings is 1. The second-order valence-corrected chi connectivity index (χ2v) is 4.56. The molecule has 0 aliphatic rings. The van der Waals surface area contributed by atoms with Crippen LogP contribution in [0.3, 0.4) is 0 Å². The third kappa shape index (κ3) is 2.89. The number of carbonyl (C=O) groups is 1. The summed E-state index contributed by atoms with van der Waals surface area (Å²) in [4.78, 5) is 23.0. The Labute approximate surface area is 120 Å². The molecule has 21 heavy (non-hydrogen) atoms. The number of amides is 1. The number of aromatic nitrogens is 3. The minimum atomic E-state index is -0.626. The fourth-order valence-corrected chi connectivity index (χ4v) is 2.07. The van der Waals surface area contributed by atoms with E-state index in [1.165, 1.54) is 12.3 Å². The van der Waals surface area contributed by atoms with Crippen LogP contribution >= 0.6 is 0 Å². The van der Waals surface area contributed by atoms with Crippen molar-refractivity contribution in [2.24, 2.45) is 0 Å². The minimum absolute atomic E-state index is 0.00499. The molecular formula is C15H13FN4O. The molecule has 2 N–H and O–H groups in total. The first-order valence-corrected chi connectivity index (χ1v) is 6.55. The van der Waals surface area contributed by atoms with E-state index in [9.17, 15) is 9.18 Å². The highest BCUT2D eigenvalue weighted by atomic mass is 19.1. The van der Waals surface area contributed by atoms with Gasteiger partial charge >= 0.3 is 0 Å². The van der Waals surface area contributed by atoms with E-state index in [0.29, 0.717) is 13.0 Å². The first kappa shape index (κ1) is 13.2. The van der Waals surface area contributed by atoms with E-state index in [1.807, 2.05) is 24.3 Å². The number of benzene rings is 1. The number of hydrogen-bond donors (Lipinski definition) is 2. The van der Waals surface area contributed by atoms with Gasteiger partial charge in [-0.3, -0.25) is 9.78 Å². The zero-order chi connectivity index (χ0) is 14.7. The molecule has 0 radical (unpaired) electrons. The first-order chi connectivity index (χ1) is 10.2. The Bertz CT molecular complexity index is 751. The van der Waals surface area contributed by atoms with Crippen molar-refractivity contribution in [1.82, 2.24) is 20.3 Å². The van der Waals surface area contributed by atoms with Crippen LogP contribution in [0.25, 0.3) is 11.0 Å². The Morgan fingerprint density at radius 1 is 1.29 bits per heavy atom. The monoisotopic (exact) mass is 284 g/mol. The third-order valence-corrected chi connectivity index (χ3v) is 3.10. The van der Waals surface area contributed by atoms with E-state index in [1.54, 1.807) is 0 Å². The zero-order valence-corrected chi connectivity index (χ0v) is 11.1. The number of aromatic amines is 1. The molecule has 0 fully saturated rings. The molecule has 1 aromatic carbocycles. The van der Waals surface area contributed by atoms with Gasteiger partial charge in [0.25, 0.3) is 5.91 Å². The van der Waals surface area contributed by atoms with Gasteiger partial charge in [0.2, 0.25) is 0 Å². The molecule has 2 aromatic heterocycles. The minimum Gasteiger partial charge on any atom is -0.351 e. The van der Waals surface area contributed by atoms with Gasteiger partial charge in [0.05, 0.1) is 22.8 Å². The van der Waals surface area contributed by atoms with Gasteiger partial charge in [-0.15, -0.1) is 0 Å². The van der Waals surface area contributed by atoms with Crippen LogP contribution in [0, 0.1) is 5.82 Å². The molecule has 0 unspecified atom stereocenters. The smallest absolute Gasteiger partial charge is 0.254 e. The lowest BCUT2D eigenvalue weighted by Gasteiger charge is -2.04. The molecule has 2 heterocycles. The Hall–Kier alpha value is -2.76. The van der Waals surface area contributed by atoms with Crippen molar-refractivity contribution >= 4 is 16.9 Å². The average molecular weight is 284 g/mol. The van der Waals surface area contributed by atoms with Crippen molar-refractivity contribution in [3.63, 3.8) is 0 Å². The molecule has 0 saturated carbocycles. The Kier molecular flexibility index (Phi) is 3.59. The third-order valence-electron chi connectivity index (χ3n) is 3.10. The number of para-hydroxylation sites is 2. The molecule has 5 nitrogen and oxygen atoms in total. The molecule has 0 saturated heterocycles. The van der Waals surface area contributed by atoms with Crippen LogP contribution in [0.4, 0.5) is 4.39 Å². The van der Waals surface area contributed by atoms with Crippen LogP contribution in [-0.2, 0) is 6.42 Å². The molecule has 6 heteroatoms. The predicted molar refractivity (Wildman–Crippen MR) is 76.3 cm³/mol. The summed E-state index contributed by atoms with van der Waals surface area (Å²) in [6.45, 7) is 0.375. The summed E-state index contributed by atoms with van der Waals surface area (Å²) in [6, 6.07) is 9.06. The number of imidazole rings is 1. The van der Waals surface area contributed by atoms with E-state index >= 15 is 0 Å². The number of fused-ring (bicyclic) bond motifs is 1. The lowest BCUT2D eigenvalue weighted by Crippen LogP contribution is -2.26. The van der Waals surface area contributed by atoms with Crippen LogP contribution < -0.4 is 5.32 Å². The lowest BCUT2D eigenvalue weighted by atomic mass is 10.2. The van der Waals surface area contributed by atoms with Crippen LogP contribution in [-0.4, -0.2) is 27.4 Å². The summed E-state index contributed by atoms with van der Waals surface area (Å²) in [5.41, 5.74) is 1.84. The fraction of sp³-hybridized carbons (Fsp3) is 0.133. The van der Waals surface area contributed by atoms with Gasteiger partial charge in [0, 0.05) is 19.2 Å². The Morgan fingerprint density at radius 2 is 2.14 bits per heavy atom. The number of rotatable bonds is 4. The maximum atomic E-state index is 13.4. The molecule has 3 aromatic rings. The van der Waals surface area contributed by atoms with Crippen molar-refractivity contribution in [3.05, 3.63) is 59.9 Å². The van der Waals surface area contributed by atoms with Crippen LogP contribution in [0.15, 0.2) is 42.7 Å². The van der Waals surface area contributed by atoms with Crippen molar-refractivity contribution < 1.29 is 9.18 Å². The SMILES string of the molecule is O=C(NCCc1nc2ccccc2[nH]1)c1ccncc1F. The standard InChI is InChI=1S/C15H13FN4O/c16-11-9-17-7-5-10(11)15(21)18-8-6-14-19-12-3-1-2-4-13(12)20-14/h1-5,7,9H,6,8H2,(H,18,21)(H,19,20). The van der Waals surface area contributed by atoms with Crippen molar-refractivity contribution in [2.75, 3.05) is 6.54 Å². The van der Waals surface area contributed by atoms with Crippen molar-refractivity contribution in [2.45, 2.75) is 6.42 Å². The Morgan fingerprint density at radius 3 is 2.95 bits per heavy atom. The maximum absolute atomic E-state index is 13.4. The van der Waals surface area contributed by atoms with Crippen LogP contribution in [0.2, 0.25) is 0 Å². The largest absolute Gasteiger partial charge is 0.351 e. The van der Waals surface area contributed by atoms with Gasteiger partial charge in [0.15, 0.2) is 5.82 Å². The maximum Gasteiger partial charge on any atom is 0.254 e. The number of H-pyrrole nitrogens is 1. The number of nitrogens with one attached hydrogen (secondary N) is 2. The summed E-state index contributed by atoms with van der Waals surface area (Å²) < 4.78 is 13.4. The van der Waals surface area contributed by atoms with Crippen molar-refractivity contribution in [1.29, 1.82) is 0 Å².